The van der Waals surface area contributed by atoms with Gasteiger partial charge < -0.3 is 15.0 Å². The lowest BCUT2D eigenvalue weighted by Gasteiger charge is -2.38. The summed E-state index contributed by atoms with van der Waals surface area (Å²) in [4.78, 5) is 20.0. The second kappa shape index (κ2) is 6.84. The van der Waals surface area contributed by atoms with E-state index < -0.39 is 0 Å². The Morgan fingerprint density at radius 3 is 3.00 bits per heavy atom. The van der Waals surface area contributed by atoms with E-state index in [1.54, 1.807) is 19.0 Å². The molecule has 126 valence electrons. The lowest BCUT2D eigenvalue weighted by Crippen LogP contribution is -2.51. The minimum absolute atomic E-state index is 0.0151. The van der Waals surface area contributed by atoms with Crippen molar-refractivity contribution in [2.45, 2.75) is 37.5 Å². The number of amides is 2. The maximum absolute atomic E-state index is 11.9. The Morgan fingerprint density at radius 1 is 1.48 bits per heavy atom. The SMILES string of the molecule is CN(C)C(=O)N[C@@H]1CCO[C@]2(CCN(Cc3ccncc3)C2)C1. The molecule has 2 amide bonds. The van der Waals surface area contributed by atoms with E-state index in [1.165, 1.54) is 5.56 Å². The fourth-order valence-electron chi connectivity index (χ4n) is 3.55. The predicted molar refractivity (Wildman–Crippen MR) is 88.1 cm³/mol. The largest absolute Gasteiger partial charge is 0.373 e. The number of ether oxygens (including phenoxy) is 1. The monoisotopic (exact) mass is 318 g/mol. The van der Waals surface area contributed by atoms with E-state index in [2.05, 4.69) is 27.3 Å². The summed E-state index contributed by atoms with van der Waals surface area (Å²) in [6, 6.07) is 4.32. The molecule has 0 radical (unpaired) electrons. The van der Waals surface area contributed by atoms with Crippen LogP contribution in [0.25, 0.3) is 0 Å². The summed E-state index contributed by atoms with van der Waals surface area (Å²) in [7, 11) is 3.55. The molecule has 2 fully saturated rings. The Kier molecular flexibility index (Phi) is 4.82. The highest BCUT2D eigenvalue weighted by Crippen LogP contribution is 2.34. The number of nitrogens with one attached hydrogen (secondary N) is 1. The van der Waals surface area contributed by atoms with Gasteiger partial charge in [0.2, 0.25) is 0 Å². The van der Waals surface area contributed by atoms with Gasteiger partial charge in [-0.25, -0.2) is 4.79 Å². The Labute approximate surface area is 137 Å². The van der Waals surface area contributed by atoms with Gasteiger partial charge in [-0.15, -0.1) is 0 Å². The average molecular weight is 318 g/mol. The van der Waals surface area contributed by atoms with Crippen LogP contribution in [-0.2, 0) is 11.3 Å². The zero-order valence-electron chi connectivity index (χ0n) is 14.0. The quantitative estimate of drug-likeness (QED) is 0.917. The molecule has 1 spiro atoms. The number of hydrogen-bond donors (Lipinski definition) is 1. The number of nitrogens with zero attached hydrogens (tertiary/aromatic N) is 3. The number of hydrogen-bond acceptors (Lipinski definition) is 4. The summed E-state index contributed by atoms with van der Waals surface area (Å²) in [6.07, 6.45) is 6.51. The first-order valence-electron chi connectivity index (χ1n) is 8.29. The van der Waals surface area contributed by atoms with Crippen molar-refractivity contribution in [1.82, 2.24) is 20.1 Å². The highest BCUT2D eigenvalue weighted by Gasteiger charge is 2.43. The molecule has 3 rings (SSSR count). The lowest BCUT2D eigenvalue weighted by atomic mass is 9.89. The van der Waals surface area contributed by atoms with Gasteiger partial charge in [0, 0.05) is 58.8 Å². The van der Waals surface area contributed by atoms with Crippen molar-refractivity contribution < 1.29 is 9.53 Å². The van der Waals surface area contributed by atoms with Gasteiger partial charge in [0.1, 0.15) is 0 Å². The van der Waals surface area contributed by atoms with Crippen molar-refractivity contribution in [1.29, 1.82) is 0 Å². The average Bonchev–Trinajstić information content (AvgIpc) is 2.90. The third-order valence-electron chi connectivity index (χ3n) is 4.78. The van der Waals surface area contributed by atoms with Crippen LogP contribution in [0.2, 0.25) is 0 Å². The van der Waals surface area contributed by atoms with Crippen molar-refractivity contribution in [3.63, 3.8) is 0 Å². The van der Waals surface area contributed by atoms with Crippen molar-refractivity contribution in [3.8, 4) is 0 Å². The first-order chi connectivity index (χ1) is 11.1. The van der Waals surface area contributed by atoms with Crippen molar-refractivity contribution in [2.75, 3.05) is 33.8 Å². The van der Waals surface area contributed by atoms with Crippen molar-refractivity contribution >= 4 is 6.03 Å². The highest BCUT2D eigenvalue weighted by atomic mass is 16.5. The van der Waals surface area contributed by atoms with Crippen LogP contribution >= 0.6 is 0 Å². The number of carbonyl (C=O) groups is 1. The number of urea groups is 1. The van der Waals surface area contributed by atoms with Crippen LogP contribution in [0.4, 0.5) is 4.79 Å². The van der Waals surface area contributed by atoms with Crippen LogP contribution in [0.5, 0.6) is 0 Å². The molecular weight excluding hydrogens is 292 g/mol. The Morgan fingerprint density at radius 2 is 2.26 bits per heavy atom. The second-order valence-corrected chi connectivity index (χ2v) is 6.88. The van der Waals surface area contributed by atoms with Gasteiger partial charge in [0.25, 0.3) is 0 Å². The van der Waals surface area contributed by atoms with Crippen LogP contribution < -0.4 is 5.32 Å². The molecule has 0 saturated carbocycles. The number of aromatic nitrogens is 1. The van der Waals surface area contributed by atoms with Crippen molar-refractivity contribution in [3.05, 3.63) is 30.1 Å². The third kappa shape index (κ3) is 4.00. The molecule has 23 heavy (non-hydrogen) atoms. The van der Waals surface area contributed by atoms with Crippen molar-refractivity contribution in [2.24, 2.45) is 0 Å². The van der Waals surface area contributed by atoms with Gasteiger partial charge in [-0.1, -0.05) is 0 Å². The van der Waals surface area contributed by atoms with Gasteiger partial charge >= 0.3 is 6.03 Å². The Balaban J connectivity index is 1.56. The standard InChI is InChI=1S/C17H26N4O2/c1-20(2)16(22)19-15-5-10-23-17(11-15)6-9-21(13-17)12-14-3-7-18-8-4-14/h3-4,7-8,15H,5-6,9-13H2,1-2H3,(H,19,22)/t15-,17-/m1/s1. The fourth-order valence-corrected chi connectivity index (χ4v) is 3.55. The zero-order valence-corrected chi connectivity index (χ0v) is 14.0. The van der Waals surface area contributed by atoms with E-state index in [1.807, 2.05) is 12.4 Å². The van der Waals surface area contributed by atoms with E-state index in [0.717, 1.165) is 45.5 Å². The summed E-state index contributed by atoms with van der Waals surface area (Å²) in [5.74, 6) is 0. The topological polar surface area (TPSA) is 57.7 Å². The van der Waals surface area contributed by atoms with Gasteiger partial charge in [-0.3, -0.25) is 9.88 Å². The van der Waals surface area contributed by atoms with Gasteiger partial charge in [-0.05, 0) is 37.0 Å². The van der Waals surface area contributed by atoms with Crippen LogP contribution in [-0.4, -0.2) is 66.2 Å². The molecule has 6 heteroatoms. The molecule has 1 N–H and O–H groups in total. The first-order valence-corrected chi connectivity index (χ1v) is 8.29. The van der Waals surface area contributed by atoms with Crippen LogP contribution in [0.1, 0.15) is 24.8 Å². The Bertz CT molecular complexity index is 537. The van der Waals surface area contributed by atoms with Crippen LogP contribution in [0.3, 0.4) is 0 Å². The van der Waals surface area contributed by atoms with E-state index in [0.29, 0.717) is 0 Å². The molecule has 0 bridgehead atoms. The third-order valence-corrected chi connectivity index (χ3v) is 4.78. The summed E-state index contributed by atoms with van der Waals surface area (Å²) in [5.41, 5.74) is 1.18. The molecule has 2 saturated heterocycles. The molecule has 3 heterocycles. The maximum atomic E-state index is 11.9. The molecule has 1 aromatic rings. The predicted octanol–water partition coefficient (Wildman–Crippen LogP) is 1.48. The summed E-state index contributed by atoms with van der Waals surface area (Å²) in [5, 5.41) is 3.11. The van der Waals surface area contributed by atoms with E-state index in [-0.39, 0.29) is 17.7 Å². The van der Waals surface area contributed by atoms with E-state index >= 15 is 0 Å². The molecule has 1 aromatic heterocycles. The van der Waals surface area contributed by atoms with E-state index in [4.69, 9.17) is 4.74 Å². The minimum Gasteiger partial charge on any atom is -0.373 e. The molecule has 0 unspecified atom stereocenters. The second-order valence-electron chi connectivity index (χ2n) is 6.88. The summed E-state index contributed by atoms with van der Waals surface area (Å²) >= 11 is 0. The first kappa shape index (κ1) is 16.2. The number of pyridine rings is 1. The number of carbonyl (C=O) groups excluding carboxylic acids is 1. The summed E-state index contributed by atoms with van der Waals surface area (Å²) < 4.78 is 6.15. The number of likely N-dealkylation sites (tertiary alicyclic amines) is 1. The number of rotatable bonds is 3. The molecule has 0 aromatic carbocycles. The van der Waals surface area contributed by atoms with Gasteiger partial charge in [0.05, 0.1) is 5.60 Å². The molecular formula is C17H26N4O2. The summed E-state index contributed by atoms with van der Waals surface area (Å²) in [6.45, 7) is 3.63. The van der Waals surface area contributed by atoms with Crippen LogP contribution in [0, 0.1) is 0 Å². The minimum atomic E-state index is -0.102. The molecule has 6 nitrogen and oxygen atoms in total. The molecule has 2 atom stereocenters. The maximum Gasteiger partial charge on any atom is 0.317 e. The fraction of sp³-hybridized carbons (Fsp3) is 0.647. The van der Waals surface area contributed by atoms with Gasteiger partial charge in [-0.2, -0.15) is 0 Å². The van der Waals surface area contributed by atoms with Crippen LogP contribution in [0.15, 0.2) is 24.5 Å². The Hall–Kier alpha value is -1.66. The smallest absolute Gasteiger partial charge is 0.317 e. The lowest BCUT2D eigenvalue weighted by molar-refractivity contribution is -0.0792. The molecule has 0 aliphatic carbocycles. The normalized spacial score (nSPS) is 28.0. The zero-order chi connectivity index (χ0) is 16.3. The van der Waals surface area contributed by atoms with Gasteiger partial charge in [0.15, 0.2) is 0 Å². The molecule has 2 aliphatic heterocycles. The van der Waals surface area contributed by atoms with E-state index in [9.17, 15) is 4.79 Å². The molecule has 2 aliphatic rings. The highest BCUT2D eigenvalue weighted by molar-refractivity contribution is 5.73.